The summed E-state index contributed by atoms with van der Waals surface area (Å²) in [5.74, 6) is 0.0916. The summed E-state index contributed by atoms with van der Waals surface area (Å²) in [6.45, 7) is 3.58. The van der Waals surface area contributed by atoms with E-state index in [9.17, 15) is 18.0 Å². The van der Waals surface area contributed by atoms with E-state index in [0.717, 1.165) is 64.9 Å². The van der Waals surface area contributed by atoms with Gasteiger partial charge in [-0.25, -0.2) is 9.67 Å². The Morgan fingerprint density at radius 3 is 2.62 bits per heavy atom. The Morgan fingerprint density at radius 2 is 1.97 bits per heavy atom. The molecule has 0 spiro atoms. The summed E-state index contributed by atoms with van der Waals surface area (Å²) in [6.07, 6.45) is 2.56. The van der Waals surface area contributed by atoms with E-state index in [-0.39, 0.29) is 23.7 Å². The maximum atomic E-state index is 13.5. The van der Waals surface area contributed by atoms with Crippen molar-refractivity contribution in [3.05, 3.63) is 62.3 Å². The third kappa shape index (κ3) is 4.62. The summed E-state index contributed by atoms with van der Waals surface area (Å²) in [5, 5.41) is 5.45. The smallest absolute Gasteiger partial charge is 0.267 e. The van der Waals surface area contributed by atoms with Crippen molar-refractivity contribution in [2.24, 2.45) is 0 Å². The highest BCUT2D eigenvalue weighted by Crippen LogP contribution is 2.35. The van der Waals surface area contributed by atoms with E-state index >= 15 is 0 Å². The minimum absolute atomic E-state index is 0.0916. The van der Waals surface area contributed by atoms with Crippen LogP contribution in [-0.4, -0.2) is 19.7 Å². The van der Waals surface area contributed by atoms with Gasteiger partial charge < -0.3 is 0 Å². The molecule has 0 amide bonds. The van der Waals surface area contributed by atoms with Gasteiger partial charge in [0.1, 0.15) is 5.69 Å². The first-order chi connectivity index (χ1) is 15.3. The third-order valence-electron chi connectivity index (χ3n) is 5.92. The van der Waals surface area contributed by atoms with Crippen molar-refractivity contribution < 1.29 is 13.2 Å². The molecule has 170 valence electrons. The number of nitrogens with zero attached hydrogens (tertiary/aromatic N) is 4. The SMILES string of the molecule is CCc1nc(C)c(-c2cc(C3CCCCC3)c(=O)n(Cc3ncccc3C(F)(F)F)n2)s1. The van der Waals surface area contributed by atoms with E-state index in [1.807, 2.05) is 19.9 Å². The highest BCUT2D eigenvalue weighted by atomic mass is 32.1. The van der Waals surface area contributed by atoms with Crippen LogP contribution in [0.15, 0.2) is 29.2 Å². The van der Waals surface area contributed by atoms with E-state index in [2.05, 4.69) is 15.1 Å². The third-order valence-corrected chi connectivity index (χ3v) is 7.24. The molecule has 0 aromatic carbocycles. The van der Waals surface area contributed by atoms with Gasteiger partial charge in [0.2, 0.25) is 0 Å². The first-order valence-corrected chi connectivity index (χ1v) is 11.7. The van der Waals surface area contributed by atoms with Crippen molar-refractivity contribution in [3.63, 3.8) is 0 Å². The van der Waals surface area contributed by atoms with Gasteiger partial charge in [0.05, 0.1) is 33.4 Å². The number of aryl methyl sites for hydroxylation is 2. The van der Waals surface area contributed by atoms with Crippen LogP contribution in [0.3, 0.4) is 0 Å². The number of aromatic nitrogens is 4. The molecule has 32 heavy (non-hydrogen) atoms. The maximum Gasteiger partial charge on any atom is 0.418 e. The van der Waals surface area contributed by atoms with Gasteiger partial charge in [-0.15, -0.1) is 11.3 Å². The Kier molecular flexibility index (Phi) is 6.46. The van der Waals surface area contributed by atoms with Gasteiger partial charge in [-0.1, -0.05) is 26.2 Å². The number of rotatable bonds is 5. The van der Waals surface area contributed by atoms with Gasteiger partial charge >= 0.3 is 6.18 Å². The fraction of sp³-hybridized carbons (Fsp3) is 0.478. The zero-order chi connectivity index (χ0) is 22.9. The lowest BCUT2D eigenvalue weighted by atomic mass is 9.84. The van der Waals surface area contributed by atoms with Gasteiger partial charge in [-0.05, 0) is 50.3 Å². The molecule has 4 rings (SSSR count). The molecule has 3 aromatic rings. The Morgan fingerprint density at radius 1 is 1.22 bits per heavy atom. The van der Waals surface area contributed by atoms with Crippen molar-refractivity contribution in [1.82, 2.24) is 19.7 Å². The first kappa shape index (κ1) is 22.6. The molecule has 1 aliphatic rings. The highest BCUT2D eigenvalue weighted by molar-refractivity contribution is 7.15. The second-order valence-electron chi connectivity index (χ2n) is 8.15. The summed E-state index contributed by atoms with van der Waals surface area (Å²) < 4.78 is 41.7. The molecular weight excluding hydrogens is 437 g/mol. The molecule has 0 radical (unpaired) electrons. The molecule has 0 saturated heterocycles. The summed E-state index contributed by atoms with van der Waals surface area (Å²) in [7, 11) is 0. The zero-order valence-electron chi connectivity index (χ0n) is 18.1. The van der Waals surface area contributed by atoms with E-state index in [0.29, 0.717) is 11.3 Å². The number of halogens is 3. The van der Waals surface area contributed by atoms with E-state index in [4.69, 9.17) is 0 Å². The predicted molar refractivity (Wildman–Crippen MR) is 118 cm³/mol. The lowest BCUT2D eigenvalue weighted by Crippen LogP contribution is -2.30. The monoisotopic (exact) mass is 462 g/mol. The predicted octanol–water partition coefficient (Wildman–Crippen LogP) is 5.75. The molecule has 5 nitrogen and oxygen atoms in total. The lowest BCUT2D eigenvalue weighted by Gasteiger charge is -2.22. The summed E-state index contributed by atoms with van der Waals surface area (Å²) in [5.41, 5.74) is 0.636. The average Bonchev–Trinajstić information content (AvgIpc) is 3.16. The fourth-order valence-corrected chi connectivity index (χ4v) is 5.25. The molecule has 0 unspecified atom stereocenters. The molecule has 0 N–H and O–H groups in total. The lowest BCUT2D eigenvalue weighted by molar-refractivity contribution is -0.138. The molecule has 9 heteroatoms. The summed E-state index contributed by atoms with van der Waals surface area (Å²) >= 11 is 1.51. The Balaban J connectivity index is 1.85. The van der Waals surface area contributed by atoms with Crippen LogP contribution < -0.4 is 5.56 Å². The number of pyridine rings is 1. The molecule has 1 fully saturated rings. The van der Waals surface area contributed by atoms with Crippen molar-refractivity contribution >= 4 is 11.3 Å². The van der Waals surface area contributed by atoms with Crippen LogP contribution in [0.5, 0.6) is 0 Å². The zero-order valence-corrected chi connectivity index (χ0v) is 18.9. The van der Waals surface area contributed by atoms with Crippen LogP contribution in [0.25, 0.3) is 10.6 Å². The van der Waals surface area contributed by atoms with Gasteiger partial charge in [0.15, 0.2) is 0 Å². The largest absolute Gasteiger partial charge is 0.418 e. The molecule has 1 aliphatic carbocycles. The number of alkyl halides is 3. The van der Waals surface area contributed by atoms with E-state index < -0.39 is 11.7 Å². The van der Waals surface area contributed by atoms with Crippen LogP contribution in [0.1, 0.15) is 72.5 Å². The van der Waals surface area contributed by atoms with Gasteiger partial charge in [0.25, 0.3) is 5.56 Å². The normalized spacial score (nSPS) is 15.3. The minimum atomic E-state index is -4.55. The number of hydrogen-bond donors (Lipinski definition) is 0. The Hall–Kier alpha value is -2.55. The van der Waals surface area contributed by atoms with Crippen LogP contribution in [0.4, 0.5) is 13.2 Å². The topological polar surface area (TPSA) is 60.7 Å². The maximum absolute atomic E-state index is 13.5. The van der Waals surface area contributed by atoms with Crippen molar-refractivity contribution in [1.29, 1.82) is 0 Å². The average molecular weight is 463 g/mol. The van der Waals surface area contributed by atoms with Crippen LogP contribution in [0, 0.1) is 6.92 Å². The van der Waals surface area contributed by atoms with E-state index in [1.54, 1.807) is 0 Å². The van der Waals surface area contributed by atoms with E-state index in [1.165, 1.54) is 23.6 Å². The van der Waals surface area contributed by atoms with Crippen molar-refractivity contribution in [3.8, 4) is 10.6 Å². The van der Waals surface area contributed by atoms with Crippen molar-refractivity contribution in [2.45, 2.75) is 71.0 Å². The molecule has 0 aliphatic heterocycles. The molecule has 1 saturated carbocycles. The number of hydrogen-bond acceptors (Lipinski definition) is 5. The second kappa shape index (κ2) is 9.13. The summed E-state index contributed by atoms with van der Waals surface area (Å²) in [6, 6.07) is 4.07. The fourth-order valence-electron chi connectivity index (χ4n) is 4.29. The molecular formula is C23H25F3N4OS. The minimum Gasteiger partial charge on any atom is -0.267 e. The number of thiazole rings is 1. The van der Waals surface area contributed by atoms with Gasteiger partial charge in [-0.3, -0.25) is 9.78 Å². The molecule has 0 atom stereocenters. The summed E-state index contributed by atoms with van der Waals surface area (Å²) in [4.78, 5) is 22.7. The standard InChI is InChI=1S/C23H25F3N4OS/c1-3-20-28-14(2)21(32-20)18-12-16(15-8-5-4-6-9-15)22(31)30(29-18)13-19-17(23(24,25)26)10-7-11-27-19/h7,10-12,15H,3-6,8-9,13H2,1-2H3. The first-order valence-electron chi connectivity index (χ1n) is 10.9. The van der Waals surface area contributed by atoms with Crippen molar-refractivity contribution in [2.75, 3.05) is 0 Å². The van der Waals surface area contributed by atoms with Gasteiger partial charge in [0, 0.05) is 11.8 Å². The van der Waals surface area contributed by atoms with Crippen LogP contribution >= 0.6 is 11.3 Å². The molecule has 0 bridgehead atoms. The Labute approximate surface area is 188 Å². The quantitative estimate of drug-likeness (QED) is 0.485. The van der Waals surface area contributed by atoms with Crippen LogP contribution in [0.2, 0.25) is 0 Å². The van der Waals surface area contributed by atoms with Crippen LogP contribution in [-0.2, 0) is 19.1 Å². The van der Waals surface area contributed by atoms with Gasteiger partial charge in [-0.2, -0.15) is 18.3 Å². The highest BCUT2D eigenvalue weighted by Gasteiger charge is 2.34. The molecule has 3 aromatic heterocycles. The Bertz CT molecular complexity index is 1160. The second-order valence-corrected chi connectivity index (χ2v) is 9.24. The molecule has 3 heterocycles.